The third-order valence-corrected chi connectivity index (χ3v) is 5.51. The highest BCUT2D eigenvalue weighted by Crippen LogP contribution is 2.36. The molecule has 0 aliphatic rings. The minimum absolute atomic E-state index is 0.00785. The molecule has 0 bridgehead atoms. The van der Waals surface area contributed by atoms with Gasteiger partial charge in [0, 0.05) is 34.3 Å². The first-order valence-electron chi connectivity index (χ1n) is 6.15. The van der Waals surface area contributed by atoms with E-state index >= 15 is 0 Å². The van der Waals surface area contributed by atoms with Gasteiger partial charge in [0.15, 0.2) is 0 Å². The van der Waals surface area contributed by atoms with Gasteiger partial charge in [-0.2, -0.15) is 0 Å². The molecule has 0 saturated carbocycles. The van der Waals surface area contributed by atoms with Crippen molar-refractivity contribution in [1.29, 1.82) is 0 Å². The Morgan fingerprint density at radius 1 is 1.17 bits per heavy atom. The minimum Gasteiger partial charge on any atom is -0.381 e. The van der Waals surface area contributed by atoms with Crippen LogP contribution in [0.25, 0.3) is 0 Å². The fourth-order valence-corrected chi connectivity index (χ4v) is 4.28. The Hall–Kier alpha value is 0.430. The summed E-state index contributed by atoms with van der Waals surface area (Å²) in [6.45, 7) is 3.70. The molecule has 1 aromatic carbocycles. The van der Waals surface area contributed by atoms with Gasteiger partial charge in [-0.25, -0.2) is 0 Å². The highest BCUT2D eigenvalue weighted by molar-refractivity contribution is 9.09. The molecule has 0 aliphatic carbocycles. The molecule has 0 amide bonds. The molecular formula is C14H19Br2ClO. The summed E-state index contributed by atoms with van der Waals surface area (Å²) in [5, 5.41) is 2.56. The first kappa shape index (κ1) is 16.5. The van der Waals surface area contributed by atoms with Crippen LogP contribution in [-0.2, 0) is 10.2 Å². The summed E-state index contributed by atoms with van der Waals surface area (Å²) in [5.74, 6) is 0. The van der Waals surface area contributed by atoms with E-state index in [0.29, 0.717) is 0 Å². The largest absolute Gasteiger partial charge is 0.381 e. The maximum atomic E-state index is 6.32. The molecule has 0 heterocycles. The van der Waals surface area contributed by atoms with E-state index in [2.05, 4.69) is 44.8 Å². The van der Waals surface area contributed by atoms with Crippen LogP contribution in [0.2, 0.25) is 5.02 Å². The Morgan fingerprint density at radius 3 is 2.39 bits per heavy atom. The van der Waals surface area contributed by atoms with E-state index in [1.54, 1.807) is 0 Å². The zero-order valence-corrected chi connectivity index (χ0v) is 14.5. The van der Waals surface area contributed by atoms with Gasteiger partial charge in [0.1, 0.15) is 0 Å². The van der Waals surface area contributed by atoms with Gasteiger partial charge in [-0.05, 0) is 24.5 Å². The van der Waals surface area contributed by atoms with Crippen molar-refractivity contribution in [1.82, 2.24) is 0 Å². The molecule has 102 valence electrons. The second kappa shape index (κ2) is 8.57. The Morgan fingerprint density at radius 2 is 1.83 bits per heavy atom. The highest BCUT2D eigenvalue weighted by atomic mass is 79.9. The van der Waals surface area contributed by atoms with Crippen LogP contribution >= 0.6 is 43.5 Å². The average Bonchev–Trinajstić information content (AvgIpc) is 2.41. The van der Waals surface area contributed by atoms with Crippen LogP contribution in [0.1, 0.15) is 25.3 Å². The van der Waals surface area contributed by atoms with Gasteiger partial charge in [0.2, 0.25) is 0 Å². The van der Waals surface area contributed by atoms with Crippen molar-refractivity contribution in [2.24, 2.45) is 0 Å². The summed E-state index contributed by atoms with van der Waals surface area (Å²) < 4.78 is 5.62. The van der Waals surface area contributed by atoms with E-state index in [4.69, 9.17) is 16.3 Å². The lowest BCUT2D eigenvalue weighted by molar-refractivity contribution is 0.120. The minimum atomic E-state index is -0.00785. The van der Waals surface area contributed by atoms with E-state index in [-0.39, 0.29) is 5.41 Å². The Labute approximate surface area is 132 Å². The van der Waals surface area contributed by atoms with Crippen LogP contribution in [0.3, 0.4) is 0 Å². The second-order valence-corrected chi connectivity index (χ2v) is 5.92. The molecule has 4 heteroatoms. The lowest BCUT2D eigenvalue weighted by atomic mass is 9.81. The molecule has 18 heavy (non-hydrogen) atoms. The first-order valence-corrected chi connectivity index (χ1v) is 8.77. The Balaban J connectivity index is 2.83. The third-order valence-electron chi connectivity index (χ3n) is 3.03. The van der Waals surface area contributed by atoms with E-state index in [1.807, 2.05) is 18.2 Å². The van der Waals surface area contributed by atoms with Crippen molar-refractivity contribution in [3.05, 3.63) is 34.9 Å². The monoisotopic (exact) mass is 396 g/mol. The quantitative estimate of drug-likeness (QED) is 0.433. The van der Waals surface area contributed by atoms with Crippen molar-refractivity contribution < 1.29 is 4.74 Å². The third kappa shape index (κ3) is 4.22. The Kier molecular flexibility index (Phi) is 7.85. The number of rotatable bonds is 8. The second-order valence-electron chi connectivity index (χ2n) is 4.39. The molecule has 0 aromatic heterocycles. The number of benzene rings is 1. The van der Waals surface area contributed by atoms with Gasteiger partial charge < -0.3 is 4.74 Å². The summed E-state index contributed by atoms with van der Waals surface area (Å²) in [5.41, 5.74) is 1.17. The molecule has 0 spiro atoms. The average molecular weight is 399 g/mol. The van der Waals surface area contributed by atoms with Crippen molar-refractivity contribution in [3.8, 4) is 0 Å². The molecule has 0 fully saturated rings. The fraction of sp³-hybridized carbons (Fsp3) is 0.571. The lowest BCUT2D eigenvalue weighted by Crippen LogP contribution is -2.32. The molecule has 0 N–H and O–H groups in total. The van der Waals surface area contributed by atoms with Crippen LogP contribution in [0.4, 0.5) is 0 Å². The SMILES string of the molecule is CCCOCCC(CBr)(CBr)c1ccccc1Cl. The first-order chi connectivity index (χ1) is 8.70. The molecule has 0 unspecified atom stereocenters. The zero-order chi connectivity index (χ0) is 13.4. The van der Waals surface area contributed by atoms with Crippen molar-refractivity contribution >= 4 is 43.5 Å². The highest BCUT2D eigenvalue weighted by Gasteiger charge is 2.31. The lowest BCUT2D eigenvalue weighted by Gasteiger charge is -2.31. The summed E-state index contributed by atoms with van der Waals surface area (Å²) >= 11 is 13.6. The van der Waals surface area contributed by atoms with Crippen LogP contribution in [0.5, 0.6) is 0 Å². The predicted octanol–water partition coefficient (Wildman–Crippen LogP) is 5.18. The molecule has 0 radical (unpaired) electrons. The zero-order valence-electron chi connectivity index (χ0n) is 10.6. The van der Waals surface area contributed by atoms with Crippen LogP contribution < -0.4 is 0 Å². The van der Waals surface area contributed by atoms with Gasteiger partial charge in [0.25, 0.3) is 0 Å². The van der Waals surface area contributed by atoms with Gasteiger partial charge in [0.05, 0.1) is 0 Å². The maximum absolute atomic E-state index is 6.32. The summed E-state index contributed by atoms with van der Waals surface area (Å²) in [6.07, 6.45) is 2.01. The van der Waals surface area contributed by atoms with Crippen molar-refractivity contribution in [2.75, 3.05) is 23.9 Å². The summed E-state index contributed by atoms with van der Waals surface area (Å²) in [6, 6.07) is 8.05. The molecular weight excluding hydrogens is 379 g/mol. The molecule has 0 atom stereocenters. The molecule has 1 rings (SSSR count). The van der Waals surface area contributed by atoms with Crippen molar-refractivity contribution in [2.45, 2.75) is 25.2 Å². The van der Waals surface area contributed by atoms with Gasteiger partial charge in [-0.1, -0.05) is 68.6 Å². The molecule has 0 aliphatic heterocycles. The number of hydrogen-bond donors (Lipinski definition) is 0. The molecule has 0 saturated heterocycles. The smallest absolute Gasteiger partial charge is 0.0475 e. The van der Waals surface area contributed by atoms with Gasteiger partial charge in [-0.3, -0.25) is 0 Å². The number of ether oxygens (including phenoxy) is 1. The van der Waals surface area contributed by atoms with Crippen LogP contribution in [0, 0.1) is 0 Å². The summed E-state index contributed by atoms with van der Waals surface area (Å²) in [7, 11) is 0. The van der Waals surface area contributed by atoms with Gasteiger partial charge >= 0.3 is 0 Å². The normalized spacial score (nSPS) is 11.8. The van der Waals surface area contributed by atoms with Crippen LogP contribution in [-0.4, -0.2) is 23.9 Å². The fourth-order valence-electron chi connectivity index (χ4n) is 1.85. The summed E-state index contributed by atoms with van der Waals surface area (Å²) in [4.78, 5) is 0. The maximum Gasteiger partial charge on any atom is 0.0475 e. The van der Waals surface area contributed by atoms with Crippen LogP contribution in [0.15, 0.2) is 24.3 Å². The number of halogens is 3. The van der Waals surface area contributed by atoms with E-state index < -0.39 is 0 Å². The molecule has 1 aromatic rings. The van der Waals surface area contributed by atoms with Crippen molar-refractivity contribution in [3.63, 3.8) is 0 Å². The molecule has 1 nitrogen and oxygen atoms in total. The van der Waals surface area contributed by atoms with Gasteiger partial charge in [-0.15, -0.1) is 0 Å². The Bertz CT molecular complexity index is 353. The number of hydrogen-bond acceptors (Lipinski definition) is 1. The number of alkyl halides is 2. The topological polar surface area (TPSA) is 9.23 Å². The van der Waals surface area contributed by atoms with E-state index in [0.717, 1.165) is 41.7 Å². The predicted molar refractivity (Wildman–Crippen MR) is 86.4 cm³/mol. The van der Waals surface area contributed by atoms with E-state index in [1.165, 1.54) is 5.56 Å². The standard InChI is InChI=1S/C14H19Br2ClO/c1-2-8-18-9-7-14(10-15,11-16)12-5-3-4-6-13(12)17/h3-6H,2,7-11H2,1H3. The van der Waals surface area contributed by atoms with E-state index in [9.17, 15) is 0 Å².